The van der Waals surface area contributed by atoms with Crippen LogP contribution in [0.25, 0.3) is 0 Å². The molecule has 0 bridgehead atoms. The maximum atomic E-state index is 14.0. The lowest BCUT2D eigenvalue weighted by Gasteiger charge is -2.34. The van der Waals surface area contributed by atoms with Crippen molar-refractivity contribution in [3.8, 4) is 0 Å². The molecule has 1 aliphatic carbocycles. The third kappa shape index (κ3) is 7.37. The molecule has 1 saturated carbocycles. The van der Waals surface area contributed by atoms with Crippen molar-refractivity contribution in [1.82, 2.24) is 10.2 Å². The lowest BCUT2D eigenvalue weighted by molar-refractivity contribution is -0.141. The second-order valence-corrected chi connectivity index (χ2v) is 10.7. The number of carbonyl (C=O) groups is 2. The van der Waals surface area contributed by atoms with Crippen LogP contribution < -0.4 is 5.32 Å². The summed E-state index contributed by atoms with van der Waals surface area (Å²) >= 11 is 13.1. The van der Waals surface area contributed by atoms with Gasteiger partial charge in [-0.25, -0.2) is 0 Å². The first kappa shape index (κ1) is 27.2. The Kier molecular flexibility index (Phi) is 9.65. The van der Waals surface area contributed by atoms with Gasteiger partial charge in [0.2, 0.25) is 11.8 Å². The van der Waals surface area contributed by atoms with Crippen molar-refractivity contribution in [2.24, 2.45) is 0 Å². The van der Waals surface area contributed by atoms with Gasteiger partial charge < -0.3 is 10.2 Å². The number of aryl methyl sites for hydroxylation is 1. The molecule has 0 saturated heterocycles. The minimum atomic E-state index is -0.701. The Hall–Kier alpha value is -2.82. The maximum Gasteiger partial charge on any atom is 0.243 e. The molecule has 37 heavy (non-hydrogen) atoms. The molecular weight excluding hydrogens is 503 g/mol. The average Bonchev–Trinajstić information content (AvgIpc) is 2.90. The van der Waals surface area contributed by atoms with Gasteiger partial charge >= 0.3 is 0 Å². The summed E-state index contributed by atoms with van der Waals surface area (Å²) in [6, 6.07) is 22.4. The van der Waals surface area contributed by atoms with Crippen LogP contribution in [0.1, 0.15) is 54.4 Å². The molecule has 4 nitrogen and oxygen atoms in total. The molecule has 3 aromatic rings. The zero-order chi connectivity index (χ0) is 26.2. The summed E-state index contributed by atoms with van der Waals surface area (Å²) in [5.74, 6) is -0.262. The molecule has 0 spiro atoms. The van der Waals surface area contributed by atoms with Gasteiger partial charge in [-0.15, -0.1) is 0 Å². The maximum absolute atomic E-state index is 14.0. The minimum Gasteiger partial charge on any atom is -0.352 e. The summed E-state index contributed by atoms with van der Waals surface area (Å²) in [6.45, 7) is 2.15. The highest BCUT2D eigenvalue weighted by Gasteiger charge is 2.32. The molecule has 0 aromatic heterocycles. The third-order valence-corrected chi connectivity index (χ3v) is 7.92. The van der Waals surface area contributed by atoms with Crippen LogP contribution in [0.4, 0.5) is 0 Å². The van der Waals surface area contributed by atoms with Gasteiger partial charge in [-0.05, 0) is 48.6 Å². The predicted molar refractivity (Wildman–Crippen MR) is 151 cm³/mol. The topological polar surface area (TPSA) is 49.4 Å². The van der Waals surface area contributed by atoms with E-state index < -0.39 is 6.04 Å². The number of hydrogen-bond acceptors (Lipinski definition) is 2. The normalized spacial score (nSPS) is 14.7. The molecule has 0 unspecified atom stereocenters. The largest absolute Gasteiger partial charge is 0.352 e. The molecule has 4 rings (SSSR count). The zero-order valence-electron chi connectivity index (χ0n) is 21.3. The van der Waals surface area contributed by atoms with Gasteiger partial charge in [-0.1, -0.05) is 103 Å². The van der Waals surface area contributed by atoms with Crippen molar-refractivity contribution in [3.63, 3.8) is 0 Å². The van der Waals surface area contributed by atoms with Crippen molar-refractivity contribution in [1.29, 1.82) is 0 Å². The van der Waals surface area contributed by atoms with E-state index in [0.717, 1.165) is 42.4 Å². The Balaban J connectivity index is 1.70. The van der Waals surface area contributed by atoms with Gasteiger partial charge in [0.15, 0.2) is 0 Å². The highest BCUT2D eigenvalue weighted by molar-refractivity contribution is 6.36. The van der Waals surface area contributed by atoms with E-state index in [4.69, 9.17) is 23.2 Å². The number of hydrogen-bond donors (Lipinski definition) is 1. The number of halogens is 2. The molecule has 3 aromatic carbocycles. The van der Waals surface area contributed by atoms with Crippen LogP contribution in [0.3, 0.4) is 0 Å². The Morgan fingerprint density at radius 3 is 2.22 bits per heavy atom. The molecule has 1 fully saturated rings. The first-order valence-electron chi connectivity index (χ1n) is 13.0. The molecule has 194 valence electrons. The number of benzene rings is 3. The lowest BCUT2D eigenvalue weighted by Crippen LogP contribution is -2.53. The zero-order valence-corrected chi connectivity index (χ0v) is 22.8. The molecule has 1 N–H and O–H groups in total. The Labute approximate surface area is 230 Å². The van der Waals surface area contributed by atoms with Gasteiger partial charge in [0, 0.05) is 34.6 Å². The number of amides is 2. The quantitative estimate of drug-likeness (QED) is 0.322. The van der Waals surface area contributed by atoms with Crippen LogP contribution in [0.2, 0.25) is 10.0 Å². The first-order chi connectivity index (χ1) is 17.9. The van der Waals surface area contributed by atoms with E-state index in [0.29, 0.717) is 22.0 Å². The molecule has 6 heteroatoms. The van der Waals surface area contributed by atoms with Gasteiger partial charge in [0.1, 0.15) is 6.04 Å². The SMILES string of the molecule is Cc1ccccc1CC(=O)N(Cc1c(Cl)cccc1Cl)[C@H](Cc1ccccc1)C(=O)NC1CCCCC1. The van der Waals surface area contributed by atoms with Crippen LogP contribution in [-0.2, 0) is 29.0 Å². The molecule has 1 aliphatic rings. The monoisotopic (exact) mass is 536 g/mol. The van der Waals surface area contributed by atoms with Gasteiger partial charge in [0.05, 0.1) is 6.42 Å². The standard InChI is InChI=1S/C31H34Cl2N2O2/c1-22-11-8-9-14-24(22)20-30(36)35(21-26-27(32)17-10-18-28(26)33)29(19-23-12-4-2-5-13-23)31(37)34-25-15-6-3-7-16-25/h2,4-5,8-14,17-18,25,29H,3,6-7,15-16,19-21H2,1H3,(H,34,37)/t29-/m1/s1. The van der Waals surface area contributed by atoms with Crippen molar-refractivity contribution in [2.75, 3.05) is 0 Å². The van der Waals surface area contributed by atoms with Crippen molar-refractivity contribution >= 4 is 35.0 Å². The van der Waals surface area contributed by atoms with Crippen molar-refractivity contribution < 1.29 is 9.59 Å². The molecule has 1 atom stereocenters. The van der Waals surface area contributed by atoms with E-state index in [1.165, 1.54) is 6.42 Å². The average molecular weight is 538 g/mol. The number of nitrogens with one attached hydrogen (secondary N) is 1. The van der Waals surface area contributed by atoms with Crippen molar-refractivity contribution in [3.05, 3.63) is 105 Å². The van der Waals surface area contributed by atoms with Crippen LogP contribution in [0, 0.1) is 6.92 Å². The summed E-state index contributed by atoms with van der Waals surface area (Å²) in [4.78, 5) is 29.5. The molecule has 2 amide bonds. The van der Waals surface area contributed by atoms with Crippen molar-refractivity contribution in [2.45, 2.75) is 70.5 Å². The molecule has 0 radical (unpaired) electrons. The fourth-order valence-corrected chi connectivity index (χ4v) is 5.54. The van der Waals surface area contributed by atoms with E-state index in [1.54, 1.807) is 23.1 Å². The third-order valence-electron chi connectivity index (χ3n) is 7.22. The minimum absolute atomic E-state index is 0.128. The van der Waals surface area contributed by atoms with Gasteiger partial charge in [-0.3, -0.25) is 9.59 Å². The Morgan fingerprint density at radius 1 is 0.892 bits per heavy atom. The second-order valence-electron chi connectivity index (χ2n) is 9.87. The van der Waals surface area contributed by atoms with E-state index in [1.807, 2.05) is 61.5 Å². The van der Waals surface area contributed by atoms with Crippen LogP contribution in [-0.4, -0.2) is 28.8 Å². The highest BCUT2D eigenvalue weighted by Crippen LogP contribution is 2.28. The number of carbonyl (C=O) groups excluding carboxylic acids is 2. The number of nitrogens with zero attached hydrogens (tertiary/aromatic N) is 1. The summed E-state index contributed by atoms with van der Waals surface area (Å²) < 4.78 is 0. The Morgan fingerprint density at radius 2 is 1.54 bits per heavy atom. The van der Waals surface area contributed by atoms with Gasteiger partial charge in [0.25, 0.3) is 0 Å². The van der Waals surface area contributed by atoms with Crippen LogP contribution in [0.5, 0.6) is 0 Å². The first-order valence-corrected chi connectivity index (χ1v) is 13.8. The van der Waals surface area contributed by atoms with E-state index >= 15 is 0 Å². The Bertz CT molecular complexity index is 1190. The fraction of sp³-hybridized carbons (Fsp3) is 0.355. The summed E-state index contributed by atoms with van der Waals surface area (Å²) in [7, 11) is 0. The molecule has 0 aliphatic heterocycles. The van der Waals surface area contributed by atoms with Crippen LogP contribution >= 0.6 is 23.2 Å². The number of rotatable bonds is 9. The van der Waals surface area contributed by atoms with E-state index in [2.05, 4.69) is 5.32 Å². The summed E-state index contributed by atoms with van der Waals surface area (Å²) in [5, 5.41) is 4.22. The van der Waals surface area contributed by atoms with E-state index in [9.17, 15) is 9.59 Å². The summed E-state index contributed by atoms with van der Waals surface area (Å²) in [6.07, 6.45) is 5.96. The fourth-order valence-electron chi connectivity index (χ4n) is 5.02. The van der Waals surface area contributed by atoms with Crippen LogP contribution in [0.15, 0.2) is 72.8 Å². The highest BCUT2D eigenvalue weighted by atomic mass is 35.5. The van der Waals surface area contributed by atoms with E-state index in [-0.39, 0.29) is 30.8 Å². The van der Waals surface area contributed by atoms with Gasteiger partial charge in [-0.2, -0.15) is 0 Å². The predicted octanol–water partition coefficient (Wildman–Crippen LogP) is 6.93. The second kappa shape index (κ2) is 13.1. The molecular formula is C31H34Cl2N2O2. The lowest BCUT2D eigenvalue weighted by atomic mass is 9.94. The molecule has 0 heterocycles. The summed E-state index contributed by atoms with van der Waals surface area (Å²) in [5.41, 5.74) is 3.62. The smallest absolute Gasteiger partial charge is 0.243 e.